The summed E-state index contributed by atoms with van der Waals surface area (Å²) in [5.41, 5.74) is -0.0651. The molecule has 0 saturated heterocycles. The Balaban J connectivity index is 1.66. The zero-order chi connectivity index (χ0) is 25.8. The number of carbonyl (C=O) groups is 3. The van der Waals surface area contributed by atoms with Gasteiger partial charge in [-0.2, -0.15) is 5.06 Å². The number of ether oxygens (including phenoxy) is 1. The van der Waals surface area contributed by atoms with Crippen LogP contribution in [0.5, 0.6) is 5.75 Å². The molecule has 0 aliphatic carbocycles. The molecule has 0 fully saturated rings. The molecule has 4 aromatic carbocycles. The molecule has 4 aromatic rings. The molecule has 182 valence electrons. The van der Waals surface area contributed by atoms with Gasteiger partial charge in [-0.3, -0.25) is 24.5 Å². The minimum atomic E-state index is -1.30. The Morgan fingerprint density at radius 1 is 0.861 bits per heavy atom. The minimum absolute atomic E-state index is 0.147. The molecule has 7 nitrogen and oxygen atoms in total. The summed E-state index contributed by atoms with van der Waals surface area (Å²) in [4.78, 5) is 42.5. The number of carbonyl (C=O) groups excluding carboxylic acids is 3. The van der Waals surface area contributed by atoms with Gasteiger partial charge >= 0.3 is 0 Å². The number of fused-ring (bicyclic) bond motifs is 1. The van der Waals surface area contributed by atoms with Crippen LogP contribution in [0.25, 0.3) is 21.5 Å². The van der Waals surface area contributed by atoms with Crippen molar-refractivity contribution in [3.05, 3.63) is 83.9 Å². The van der Waals surface area contributed by atoms with Crippen molar-refractivity contribution in [3.63, 3.8) is 0 Å². The zero-order valence-electron chi connectivity index (χ0n) is 20.5. The van der Waals surface area contributed by atoms with Crippen LogP contribution in [0, 0.1) is 5.41 Å². The second-order valence-corrected chi connectivity index (χ2v) is 9.95. The number of anilines is 1. The summed E-state index contributed by atoms with van der Waals surface area (Å²) < 4.78 is 5.46. The summed E-state index contributed by atoms with van der Waals surface area (Å²) in [5.74, 6) is -1.68. The first kappa shape index (κ1) is 23.5. The second-order valence-electron chi connectivity index (χ2n) is 9.95. The topological polar surface area (TPSA) is 87.2 Å². The molecule has 1 aliphatic rings. The number of hydroxylamine groups is 1. The maximum atomic E-state index is 14.0. The smallest absolute Gasteiger partial charge is 0.274 e. The lowest BCUT2D eigenvalue weighted by molar-refractivity contribution is -0.130. The van der Waals surface area contributed by atoms with E-state index in [-0.39, 0.29) is 11.4 Å². The van der Waals surface area contributed by atoms with Crippen molar-refractivity contribution in [2.45, 2.75) is 26.8 Å². The highest BCUT2D eigenvalue weighted by molar-refractivity contribution is 6.27. The van der Waals surface area contributed by atoms with Gasteiger partial charge in [0.05, 0.1) is 7.11 Å². The SMILES string of the molecule is COc1ccc2ccccc2c1N(O)C(=O)[C@@H](N1C(=O)c2cccc3cccc(c23)C1=O)C(C)(C)C. The highest BCUT2D eigenvalue weighted by Gasteiger charge is 2.47. The Hall–Kier alpha value is -4.23. The fraction of sp³-hybridized carbons (Fsp3) is 0.207. The monoisotopic (exact) mass is 482 g/mol. The maximum Gasteiger partial charge on any atom is 0.274 e. The summed E-state index contributed by atoms with van der Waals surface area (Å²) in [6.07, 6.45) is 0. The molecule has 0 unspecified atom stereocenters. The molecule has 36 heavy (non-hydrogen) atoms. The Morgan fingerprint density at radius 2 is 1.44 bits per heavy atom. The van der Waals surface area contributed by atoms with Crippen molar-refractivity contribution in [1.29, 1.82) is 0 Å². The van der Waals surface area contributed by atoms with Gasteiger partial charge in [-0.25, -0.2) is 0 Å². The molecular weight excluding hydrogens is 456 g/mol. The van der Waals surface area contributed by atoms with Crippen LogP contribution in [-0.4, -0.2) is 41.0 Å². The third kappa shape index (κ3) is 3.51. The molecule has 0 saturated carbocycles. The van der Waals surface area contributed by atoms with Gasteiger partial charge in [0.15, 0.2) is 0 Å². The fourth-order valence-electron chi connectivity index (χ4n) is 5.00. The van der Waals surface area contributed by atoms with Crippen molar-refractivity contribution in [2.75, 3.05) is 12.2 Å². The quantitative estimate of drug-likeness (QED) is 0.238. The number of imide groups is 1. The Morgan fingerprint density at radius 3 is 2.03 bits per heavy atom. The molecule has 0 spiro atoms. The van der Waals surface area contributed by atoms with Gasteiger partial charge in [0.2, 0.25) is 0 Å². The third-order valence-electron chi connectivity index (χ3n) is 6.62. The molecule has 1 atom stereocenters. The summed E-state index contributed by atoms with van der Waals surface area (Å²) in [7, 11) is 1.45. The normalized spacial score (nSPS) is 14.3. The van der Waals surface area contributed by atoms with E-state index in [1.54, 1.807) is 63.2 Å². The number of hydrogen-bond acceptors (Lipinski definition) is 5. The molecular formula is C29H26N2O5. The van der Waals surface area contributed by atoms with E-state index in [2.05, 4.69) is 0 Å². The predicted octanol–water partition coefficient (Wildman–Crippen LogP) is 5.43. The van der Waals surface area contributed by atoms with E-state index < -0.39 is 29.2 Å². The number of benzene rings is 4. The lowest BCUT2D eigenvalue weighted by atomic mass is 9.82. The van der Waals surface area contributed by atoms with E-state index in [1.807, 2.05) is 30.3 Å². The molecule has 1 heterocycles. The van der Waals surface area contributed by atoms with E-state index in [0.717, 1.165) is 15.7 Å². The largest absolute Gasteiger partial charge is 0.494 e. The molecule has 3 amide bonds. The lowest BCUT2D eigenvalue weighted by Gasteiger charge is -2.40. The van der Waals surface area contributed by atoms with Gasteiger partial charge in [-0.15, -0.1) is 0 Å². The molecule has 0 bridgehead atoms. The van der Waals surface area contributed by atoms with E-state index in [9.17, 15) is 19.6 Å². The van der Waals surface area contributed by atoms with Gasteiger partial charge in [0.1, 0.15) is 17.5 Å². The standard InChI is InChI=1S/C29H26N2O5/c1-29(2,3)25(28(34)31(35)24-19-12-6-5-9-17(19)15-16-22(24)36-4)30-26(32)20-13-7-10-18-11-8-14-21(23(18)20)27(30)33/h5-16,25,35H,1-4H3/t25-/m1/s1. The van der Waals surface area contributed by atoms with E-state index in [4.69, 9.17) is 4.74 Å². The Labute approximate surface area is 208 Å². The summed E-state index contributed by atoms with van der Waals surface area (Å²) in [6, 6.07) is 19.9. The lowest BCUT2D eigenvalue weighted by Crippen LogP contribution is -2.59. The molecule has 5 rings (SSSR count). The number of rotatable bonds is 4. The van der Waals surface area contributed by atoms with Crippen LogP contribution in [0.4, 0.5) is 5.69 Å². The fourth-order valence-corrected chi connectivity index (χ4v) is 5.00. The van der Waals surface area contributed by atoms with Gasteiger partial charge < -0.3 is 4.74 Å². The maximum absolute atomic E-state index is 14.0. The van der Waals surface area contributed by atoms with Crippen LogP contribution in [0.2, 0.25) is 0 Å². The first-order valence-corrected chi connectivity index (χ1v) is 11.6. The van der Waals surface area contributed by atoms with Crippen molar-refractivity contribution >= 4 is 45.0 Å². The highest BCUT2D eigenvalue weighted by atomic mass is 16.5. The Kier molecular flexibility index (Phi) is 5.53. The molecule has 7 heteroatoms. The first-order chi connectivity index (χ1) is 17.1. The number of methoxy groups -OCH3 is 1. The van der Waals surface area contributed by atoms with Crippen LogP contribution < -0.4 is 9.80 Å². The van der Waals surface area contributed by atoms with Crippen LogP contribution in [0.3, 0.4) is 0 Å². The van der Waals surface area contributed by atoms with E-state index in [0.29, 0.717) is 27.0 Å². The molecule has 0 aromatic heterocycles. The average molecular weight is 483 g/mol. The molecule has 1 N–H and O–H groups in total. The molecule has 1 aliphatic heterocycles. The average Bonchev–Trinajstić information content (AvgIpc) is 2.87. The van der Waals surface area contributed by atoms with E-state index in [1.165, 1.54) is 7.11 Å². The van der Waals surface area contributed by atoms with E-state index >= 15 is 0 Å². The second kappa shape index (κ2) is 8.46. The number of nitrogens with zero attached hydrogens (tertiary/aromatic N) is 2. The van der Waals surface area contributed by atoms with Gasteiger partial charge in [0, 0.05) is 21.9 Å². The number of hydrogen-bond donors (Lipinski definition) is 1. The van der Waals surface area contributed by atoms with Crippen LogP contribution >= 0.6 is 0 Å². The van der Waals surface area contributed by atoms with Crippen LogP contribution in [0.1, 0.15) is 41.5 Å². The van der Waals surface area contributed by atoms with Crippen LogP contribution in [-0.2, 0) is 4.79 Å². The highest BCUT2D eigenvalue weighted by Crippen LogP contribution is 2.39. The van der Waals surface area contributed by atoms with Crippen molar-refractivity contribution in [2.24, 2.45) is 5.41 Å². The minimum Gasteiger partial charge on any atom is -0.494 e. The zero-order valence-corrected chi connectivity index (χ0v) is 20.5. The number of amides is 3. The van der Waals surface area contributed by atoms with Crippen LogP contribution in [0.15, 0.2) is 72.8 Å². The van der Waals surface area contributed by atoms with Crippen molar-refractivity contribution in [3.8, 4) is 5.75 Å². The van der Waals surface area contributed by atoms with Crippen molar-refractivity contribution in [1.82, 2.24) is 4.90 Å². The van der Waals surface area contributed by atoms with Gasteiger partial charge in [-0.1, -0.05) is 75.4 Å². The van der Waals surface area contributed by atoms with Gasteiger partial charge in [0.25, 0.3) is 17.7 Å². The summed E-state index contributed by atoms with van der Waals surface area (Å²) in [6.45, 7) is 5.27. The summed E-state index contributed by atoms with van der Waals surface area (Å²) >= 11 is 0. The molecule has 0 radical (unpaired) electrons. The Bertz CT molecular complexity index is 1500. The predicted molar refractivity (Wildman–Crippen MR) is 137 cm³/mol. The first-order valence-electron chi connectivity index (χ1n) is 11.6. The third-order valence-corrected chi connectivity index (χ3v) is 6.62. The summed E-state index contributed by atoms with van der Waals surface area (Å²) in [5, 5.41) is 14.6. The van der Waals surface area contributed by atoms with Crippen molar-refractivity contribution < 1.29 is 24.3 Å². The van der Waals surface area contributed by atoms with Gasteiger partial charge in [-0.05, 0) is 34.4 Å².